The Hall–Kier alpha value is -1.72. The summed E-state index contributed by atoms with van der Waals surface area (Å²) in [5.74, 6) is -0.147. The number of carbonyl (C=O) groups is 2. The number of ketones is 1. The Bertz CT molecular complexity index is 535. The molecule has 0 aliphatic carbocycles. The van der Waals surface area contributed by atoms with Gasteiger partial charge in [0.25, 0.3) is 0 Å². The summed E-state index contributed by atoms with van der Waals surface area (Å²) >= 11 is 0. The van der Waals surface area contributed by atoms with E-state index in [1.54, 1.807) is 24.3 Å². The Kier molecular flexibility index (Phi) is 7.39. The van der Waals surface area contributed by atoms with Crippen molar-refractivity contribution >= 4 is 17.4 Å². The van der Waals surface area contributed by atoms with Crippen LogP contribution in [0.25, 0.3) is 0 Å². The van der Waals surface area contributed by atoms with Gasteiger partial charge in [-0.1, -0.05) is 32.9 Å². The maximum atomic E-state index is 12.3. The Morgan fingerprint density at radius 2 is 1.96 bits per heavy atom. The first-order chi connectivity index (χ1) is 10.7. The first kappa shape index (κ1) is 19.3. The van der Waals surface area contributed by atoms with Crippen LogP contribution < -0.4 is 5.32 Å². The summed E-state index contributed by atoms with van der Waals surface area (Å²) in [6, 6.07) is 6.93. The minimum atomic E-state index is -0.118. The predicted octanol–water partition coefficient (Wildman–Crippen LogP) is 2.56. The molecule has 23 heavy (non-hydrogen) atoms. The van der Waals surface area contributed by atoms with Crippen molar-refractivity contribution in [1.82, 2.24) is 4.90 Å². The lowest BCUT2D eigenvalue weighted by Crippen LogP contribution is -2.39. The zero-order chi connectivity index (χ0) is 17.5. The number of nitrogens with zero attached hydrogens (tertiary/aromatic N) is 1. The van der Waals surface area contributed by atoms with Crippen LogP contribution in [0.1, 0.15) is 44.5 Å². The third-order valence-electron chi connectivity index (χ3n) is 3.25. The highest BCUT2D eigenvalue weighted by Gasteiger charge is 2.18. The summed E-state index contributed by atoms with van der Waals surface area (Å²) in [5.41, 5.74) is 1.28. The van der Waals surface area contributed by atoms with E-state index in [-0.39, 0.29) is 30.3 Å². The fraction of sp³-hybridized carbons (Fsp3) is 0.556. The molecule has 1 aromatic carbocycles. The van der Waals surface area contributed by atoms with E-state index in [0.29, 0.717) is 24.2 Å². The van der Waals surface area contributed by atoms with Crippen LogP contribution in [0.5, 0.6) is 0 Å². The lowest BCUT2D eigenvalue weighted by molar-refractivity contribution is -0.117. The van der Waals surface area contributed by atoms with Crippen molar-refractivity contribution in [3.8, 4) is 0 Å². The van der Waals surface area contributed by atoms with Crippen molar-refractivity contribution in [2.45, 2.75) is 34.1 Å². The number of hydrogen-bond acceptors (Lipinski definition) is 4. The number of aliphatic hydroxyl groups is 1. The topological polar surface area (TPSA) is 69.6 Å². The van der Waals surface area contributed by atoms with E-state index in [1.165, 1.54) is 6.92 Å². The minimum Gasteiger partial charge on any atom is -0.396 e. The lowest BCUT2D eigenvalue weighted by atomic mass is 9.96. The van der Waals surface area contributed by atoms with E-state index in [0.717, 1.165) is 6.54 Å². The van der Waals surface area contributed by atoms with Gasteiger partial charge in [0.05, 0.1) is 6.54 Å². The molecule has 0 fully saturated rings. The molecule has 0 bridgehead atoms. The van der Waals surface area contributed by atoms with Crippen molar-refractivity contribution in [2.75, 3.05) is 31.6 Å². The maximum Gasteiger partial charge on any atom is 0.238 e. The van der Waals surface area contributed by atoms with Crippen LogP contribution in [0.4, 0.5) is 5.69 Å². The van der Waals surface area contributed by atoms with Crippen LogP contribution >= 0.6 is 0 Å². The molecule has 2 N–H and O–H groups in total. The Morgan fingerprint density at radius 3 is 2.52 bits per heavy atom. The number of hydrogen-bond donors (Lipinski definition) is 2. The average Bonchev–Trinajstić information content (AvgIpc) is 2.43. The Labute approximate surface area is 138 Å². The molecule has 0 aliphatic rings. The number of amides is 1. The SMILES string of the molecule is CC(=O)c1cccc(NC(=O)CN(CCCO)CC(C)(C)C)c1. The molecule has 0 saturated heterocycles. The third kappa shape index (κ3) is 7.90. The standard InChI is InChI=1S/C18H28N2O3/c1-14(22)15-7-5-8-16(11-15)19-17(23)12-20(9-6-10-21)13-18(2,3)4/h5,7-8,11,21H,6,9-10,12-13H2,1-4H3,(H,19,23). The van der Waals surface area contributed by atoms with E-state index in [1.807, 2.05) is 4.90 Å². The molecule has 1 aromatic rings. The molecular formula is C18H28N2O3. The summed E-state index contributed by atoms with van der Waals surface area (Å²) in [7, 11) is 0. The zero-order valence-corrected chi connectivity index (χ0v) is 14.6. The first-order valence-corrected chi connectivity index (χ1v) is 7.95. The predicted molar refractivity (Wildman–Crippen MR) is 92.7 cm³/mol. The lowest BCUT2D eigenvalue weighted by Gasteiger charge is -2.29. The van der Waals surface area contributed by atoms with Crippen molar-refractivity contribution < 1.29 is 14.7 Å². The van der Waals surface area contributed by atoms with Gasteiger partial charge in [-0.05, 0) is 30.9 Å². The maximum absolute atomic E-state index is 12.3. The molecular weight excluding hydrogens is 292 g/mol. The molecule has 0 unspecified atom stereocenters. The average molecular weight is 320 g/mol. The summed E-state index contributed by atoms with van der Waals surface area (Å²) in [6.45, 7) is 9.68. The molecule has 1 amide bonds. The third-order valence-corrected chi connectivity index (χ3v) is 3.25. The van der Waals surface area contributed by atoms with Gasteiger partial charge in [-0.2, -0.15) is 0 Å². The van der Waals surface area contributed by atoms with Gasteiger partial charge in [-0.3, -0.25) is 14.5 Å². The van der Waals surface area contributed by atoms with Gasteiger partial charge in [0.1, 0.15) is 0 Å². The van der Waals surface area contributed by atoms with Crippen LogP contribution in [-0.4, -0.2) is 47.9 Å². The van der Waals surface area contributed by atoms with Gasteiger partial charge in [0.2, 0.25) is 5.91 Å². The number of benzene rings is 1. The number of nitrogens with one attached hydrogen (secondary N) is 1. The second-order valence-corrected chi connectivity index (χ2v) is 7.03. The smallest absolute Gasteiger partial charge is 0.238 e. The highest BCUT2D eigenvalue weighted by molar-refractivity contribution is 5.97. The van der Waals surface area contributed by atoms with Crippen molar-refractivity contribution in [3.05, 3.63) is 29.8 Å². The number of rotatable bonds is 8. The van der Waals surface area contributed by atoms with Crippen LogP contribution in [0.2, 0.25) is 0 Å². The largest absolute Gasteiger partial charge is 0.396 e. The van der Waals surface area contributed by atoms with E-state index >= 15 is 0 Å². The van der Waals surface area contributed by atoms with E-state index in [9.17, 15) is 9.59 Å². The molecule has 0 atom stereocenters. The van der Waals surface area contributed by atoms with Crippen molar-refractivity contribution in [3.63, 3.8) is 0 Å². The summed E-state index contributed by atoms with van der Waals surface area (Å²) < 4.78 is 0. The van der Waals surface area contributed by atoms with Gasteiger partial charge in [-0.15, -0.1) is 0 Å². The molecule has 0 heterocycles. The van der Waals surface area contributed by atoms with Crippen LogP contribution in [0, 0.1) is 5.41 Å². The fourth-order valence-corrected chi connectivity index (χ4v) is 2.40. The van der Waals surface area contributed by atoms with Gasteiger partial charge in [0.15, 0.2) is 5.78 Å². The summed E-state index contributed by atoms with van der Waals surface area (Å²) in [5, 5.41) is 11.8. The molecule has 1 rings (SSSR count). The molecule has 0 aliphatic heterocycles. The van der Waals surface area contributed by atoms with Gasteiger partial charge >= 0.3 is 0 Å². The first-order valence-electron chi connectivity index (χ1n) is 7.95. The quantitative estimate of drug-likeness (QED) is 0.722. The monoisotopic (exact) mass is 320 g/mol. The highest BCUT2D eigenvalue weighted by atomic mass is 16.3. The summed E-state index contributed by atoms with van der Waals surface area (Å²) in [6.07, 6.45) is 0.642. The van der Waals surface area contributed by atoms with Gasteiger partial charge in [0, 0.05) is 30.9 Å². The normalized spacial score (nSPS) is 11.6. The molecule has 0 spiro atoms. The molecule has 5 nitrogen and oxygen atoms in total. The second-order valence-electron chi connectivity index (χ2n) is 7.03. The van der Waals surface area contributed by atoms with E-state index < -0.39 is 0 Å². The zero-order valence-electron chi connectivity index (χ0n) is 14.6. The van der Waals surface area contributed by atoms with Crippen LogP contribution in [0.15, 0.2) is 24.3 Å². The fourth-order valence-electron chi connectivity index (χ4n) is 2.40. The minimum absolute atomic E-state index is 0.0293. The molecule has 5 heteroatoms. The molecule has 0 radical (unpaired) electrons. The number of carbonyl (C=O) groups excluding carboxylic acids is 2. The Balaban J connectivity index is 2.67. The van der Waals surface area contributed by atoms with Gasteiger partial charge in [-0.25, -0.2) is 0 Å². The van der Waals surface area contributed by atoms with Gasteiger partial charge < -0.3 is 10.4 Å². The van der Waals surface area contributed by atoms with E-state index in [4.69, 9.17) is 5.11 Å². The highest BCUT2D eigenvalue weighted by Crippen LogP contribution is 2.16. The van der Waals surface area contributed by atoms with Crippen LogP contribution in [-0.2, 0) is 4.79 Å². The van der Waals surface area contributed by atoms with Crippen molar-refractivity contribution in [2.24, 2.45) is 5.41 Å². The molecule has 0 aromatic heterocycles. The number of aliphatic hydroxyl groups excluding tert-OH is 1. The second kappa shape index (κ2) is 8.79. The van der Waals surface area contributed by atoms with E-state index in [2.05, 4.69) is 26.1 Å². The van der Waals surface area contributed by atoms with Crippen molar-refractivity contribution in [1.29, 1.82) is 0 Å². The number of Topliss-reactive ketones (excluding diaryl/α,β-unsaturated/α-hetero) is 1. The Morgan fingerprint density at radius 1 is 1.26 bits per heavy atom. The number of anilines is 1. The summed E-state index contributed by atoms with van der Waals surface area (Å²) in [4.78, 5) is 25.7. The van der Waals surface area contributed by atoms with Crippen LogP contribution in [0.3, 0.4) is 0 Å². The molecule has 0 saturated carbocycles. The molecule has 128 valence electrons.